The lowest BCUT2D eigenvalue weighted by Gasteiger charge is -2.17. The molecule has 0 spiro atoms. The number of carbonyl (C=O) groups excluding carboxylic acids is 1. The van der Waals surface area contributed by atoms with Crippen LogP contribution < -0.4 is 0 Å². The van der Waals surface area contributed by atoms with Crippen LogP contribution in [0.5, 0.6) is 0 Å². The van der Waals surface area contributed by atoms with Gasteiger partial charge in [-0.1, -0.05) is 19.1 Å². The van der Waals surface area contributed by atoms with Crippen LogP contribution in [0.15, 0.2) is 30.5 Å². The molecule has 4 nitrogen and oxygen atoms in total. The van der Waals surface area contributed by atoms with Crippen LogP contribution in [0.4, 0.5) is 0 Å². The molecule has 3 rings (SSSR count). The Bertz CT molecular complexity index is 632. The van der Waals surface area contributed by atoms with Crippen molar-refractivity contribution in [2.45, 2.75) is 19.9 Å². The second-order valence-corrected chi connectivity index (χ2v) is 5.62. The molecule has 2 heterocycles. The van der Waals surface area contributed by atoms with Crippen molar-refractivity contribution in [3.8, 4) is 0 Å². The van der Waals surface area contributed by atoms with E-state index in [2.05, 4.69) is 6.92 Å². The highest BCUT2D eigenvalue weighted by Gasteiger charge is 2.25. The fourth-order valence-corrected chi connectivity index (χ4v) is 3.02. The molecule has 106 valence electrons. The first kappa shape index (κ1) is 13.2. The Labute approximate surface area is 118 Å². The Morgan fingerprint density at radius 1 is 1.40 bits per heavy atom. The Kier molecular flexibility index (Phi) is 3.49. The number of likely N-dealkylation sites (tertiary alicyclic amines) is 1. The number of amides is 1. The van der Waals surface area contributed by atoms with E-state index < -0.39 is 0 Å². The summed E-state index contributed by atoms with van der Waals surface area (Å²) in [5, 5.41) is 10.2. The summed E-state index contributed by atoms with van der Waals surface area (Å²) in [6.07, 6.45) is 3.02. The van der Waals surface area contributed by atoms with Crippen molar-refractivity contribution in [1.82, 2.24) is 9.47 Å². The van der Waals surface area contributed by atoms with Gasteiger partial charge >= 0.3 is 0 Å². The van der Waals surface area contributed by atoms with E-state index in [1.807, 2.05) is 39.9 Å². The molecule has 1 N–H and O–H groups in total. The molecule has 20 heavy (non-hydrogen) atoms. The molecule has 1 amide bonds. The highest BCUT2D eigenvalue weighted by Crippen LogP contribution is 2.24. The number of benzene rings is 1. The number of aliphatic hydroxyl groups excluding tert-OH is 1. The summed E-state index contributed by atoms with van der Waals surface area (Å²) < 4.78 is 1.96. The van der Waals surface area contributed by atoms with Crippen LogP contribution in [-0.2, 0) is 6.54 Å². The minimum absolute atomic E-state index is 0.0764. The van der Waals surface area contributed by atoms with Crippen molar-refractivity contribution in [1.29, 1.82) is 0 Å². The molecule has 0 radical (unpaired) electrons. The van der Waals surface area contributed by atoms with Gasteiger partial charge in [0.05, 0.1) is 17.7 Å². The van der Waals surface area contributed by atoms with Gasteiger partial charge in [-0.05, 0) is 24.5 Å². The molecule has 1 aliphatic heterocycles. The molecule has 0 aliphatic carbocycles. The maximum atomic E-state index is 12.7. The van der Waals surface area contributed by atoms with Crippen molar-refractivity contribution in [3.63, 3.8) is 0 Å². The number of nitrogens with zero attached hydrogens (tertiary/aromatic N) is 2. The minimum Gasteiger partial charge on any atom is -0.395 e. The number of rotatable bonds is 3. The van der Waals surface area contributed by atoms with Crippen molar-refractivity contribution >= 4 is 16.8 Å². The number of hydrogen-bond donors (Lipinski definition) is 1. The summed E-state index contributed by atoms with van der Waals surface area (Å²) in [7, 11) is 0. The third-order valence-corrected chi connectivity index (χ3v) is 4.07. The van der Waals surface area contributed by atoms with Crippen molar-refractivity contribution in [2.75, 3.05) is 19.7 Å². The van der Waals surface area contributed by atoms with E-state index >= 15 is 0 Å². The van der Waals surface area contributed by atoms with Gasteiger partial charge in [-0.25, -0.2) is 0 Å². The number of aliphatic hydroxyl groups is 1. The first-order valence-corrected chi connectivity index (χ1v) is 7.18. The largest absolute Gasteiger partial charge is 0.395 e. The van der Waals surface area contributed by atoms with E-state index in [9.17, 15) is 4.79 Å². The van der Waals surface area contributed by atoms with Crippen molar-refractivity contribution in [2.24, 2.45) is 5.92 Å². The lowest BCUT2D eigenvalue weighted by Crippen LogP contribution is -2.29. The van der Waals surface area contributed by atoms with Crippen LogP contribution in [0.3, 0.4) is 0 Å². The van der Waals surface area contributed by atoms with Crippen LogP contribution >= 0.6 is 0 Å². The average molecular weight is 272 g/mol. The summed E-state index contributed by atoms with van der Waals surface area (Å²) >= 11 is 0. The average Bonchev–Trinajstić information content (AvgIpc) is 3.05. The Balaban J connectivity index is 2.02. The van der Waals surface area contributed by atoms with Gasteiger partial charge in [-0.2, -0.15) is 0 Å². The molecule has 1 saturated heterocycles. The van der Waals surface area contributed by atoms with Gasteiger partial charge in [-0.3, -0.25) is 4.79 Å². The maximum absolute atomic E-state index is 12.7. The zero-order chi connectivity index (χ0) is 14.1. The second-order valence-electron chi connectivity index (χ2n) is 5.62. The molecule has 0 bridgehead atoms. The monoisotopic (exact) mass is 272 g/mol. The lowest BCUT2D eigenvalue weighted by molar-refractivity contribution is 0.0789. The van der Waals surface area contributed by atoms with Crippen molar-refractivity contribution in [3.05, 3.63) is 36.0 Å². The molecule has 0 unspecified atom stereocenters. The molecule has 4 heteroatoms. The zero-order valence-corrected chi connectivity index (χ0v) is 11.7. The fourth-order valence-electron chi connectivity index (χ4n) is 3.02. The third-order valence-electron chi connectivity index (χ3n) is 4.07. The quantitative estimate of drug-likeness (QED) is 0.930. The molecular formula is C16H20N2O2. The molecule has 2 aromatic rings. The van der Waals surface area contributed by atoms with E-state index in [-0.39, 0.29) is 12.5 Å². The second kappa shape index (κ2) is 5.29. The molecular weight excluding hydrogens is 252 g/mol. The summed E-state index contributed by atoms with van der Waals surface area (Å²) in [5.74, 6) is 0.695. The molecule has 0 saturated carbocycles. The molecule has 1 aromatic carbocycles. The highest BCUT2D eigenvalue weighted by atomic mass is 16.3. The Morgan fingerprint density at radius 2 is 2.25 bits per heavy atom. The van der Waals surface area contributed by atoms with Crippen LogP contribution in [0.2, 0.25) is 0 Å². The van der Waals surface area contributed by atoms with E-state index in [1.54, 1.807) is 0 Å². The van der Waals surface area contributed by atoms with E-state index in [1.165, 1.54) is 0 Å². The van der Waals surface area contributed by atoms with Crippen LogP contribution in [0.25, 0.3) is 10.9 Å². The van der Waals surface area contributed by atoms with E-state index in [0.29, 0.717) is 12.5 Å². The fraction of sp³-hybridized carbons (Fsp3) is 0.438. The van der Waals surface area contributed by atoms with Crippen LogP contribution in [0.1, 0.15) is 23.7 Å². The maximum Gasteiger partial charge on any atom is 0.256 e. The predicted octanol–water partition coefficient (Wildman–Crippen LogP) is 2.12. The first-order valence-electron chi connectivity index (χ1n) is 7.18. The summed E-state index contributed by atoms with van der Waals surface area (Å²) in [6.45, 7) is 4.46. The standard InChI is InChI=1S/C16H20N2O2/c1-12-5-7-18(11-12)16(20)14-4-2-3-13-6-8-17(9-10-19)15(13)14/h2-4,6,8,12,19H,5,7,9-11H2,1H3/t12-/m0/s1. The minimum atomic E-state index is 0.0764. The molecule has 1 aromatic heterocycles. The van der Waals surface area contributed by atoms with Gasteiger partial charge in [0.25, 0.3) is 5.91 Å². The molecule has 1 aliphatic rings. The molecule has 1 atom stereocenters. The summed E-state index contributed by atoms with van der Waals surface area (Å²) in [5.41, 5.74) is 1.68. The molecule has 1 fully saturated rings. The number of aromatic nitrogens is 1. The lowest BCUT2D eigenvalue weighted by atomic mass is 10.1. The summed E-state index contributed by atoms with van der Waals surface area (Å²) in [6, 6.07) is 7.82. The number of carbonyl (C=O) groups is 1. The van der Waals surface area contributed by atoms with E-state index in [4.69, 9.17) is 5.11 Å². The van der Waals surface area contributed by atoms with E-state index in [0.717, 1.165) is 36.0 Å². The topological polar surface area (TPSA) is 45.5 Å². The smallest absolute Gasteiger partial charge is 0.256 e. The van der Waals surface area contributed by atoms with Crippen molar-refractivity contribution < 1.29 is 9.90 Å². The number of fused-ring (bicyclic) bond motifs is 1. The normalized spacial score (nSPS) is 18.9. The number of hydrogen-bond acceptors (Lipinski definition) is 2. The first-order chi connectivity index (χ1) is 9.70. The van der Waals surface area contributed by atoms with Gasteiger partial charge in [0.1, 0.15) is 0 Å². The van der Waals surface area contributed by atoms with Crippen LogP contribution in [-0.4, -0.2) is 40.2 Å². The van der Waals surface area contributed by atoms with Gasteiger partial charge in [0.2, 0.25) is 0 Å². The van der Waals surface area contributed by atoms with Gasteiger partial charge in [0.15, 0.2) is 0 Å². The van der Waals surface area contributed by atoms with Gasteiger partial charge in [0, 0.05) is 31.2 Å². The summed E-state index contributed by atoms with van der Waals surface area (Å²) in [4.78, 5) is 14.7. The SMILES string of the molecule is C[C@H]1CCN(C(=O)c2cccc3ccn(CCO)c23)C1. The Morgan fingerprint density at radius 3 is 2.95 bits per heavy atom. The van der Waals surface area contributed by atoms with Crippen LogP contribution in [0, 0.1) is 5.92 Å². The zero-order valence-electron chi connectivity index (χ0n) is 11.7. The number of para-hydroxylation sites is 1. The highest BCUT2D eigenvalue weighted by molar-refractivity contribution is 6.06. The Hall–Kier alpha value is -1.81. The predicted molar refractivity (Wildman–Crippen MR) is 78.7 cm³/mol. The third kappa shape index (κ3) is 2.20. The van der Waals surface area contributed by atoms with Gasteiger partial charge in [-0.15, -0.1) is 0 Å². The van der Waals surface area contributed by atoms with Gasteiger partial charge < -0.3 is 14.6 Å².